The minimum Gasteiger partial charge on any atom is -0.480 e. The summed E-state index contributed by atoms with van der Waals surface area (Å²) in [5, 5.41) is 12.0. The predicted molar refractivity (Wildman–Crippen MR) is 97.3 cm³/mol. The smallest absolute Gasteiger partial charge is 0.326 e. The lowest BCUT2D eigenvalue weighted by atomic mass is 10.0. The van der Waals surface area contributed by atoms with Crippen LogP contribution in [0.5, 0.6) is 0 Å². The third kappa shape index (κ3) is 4.82. The van der Waals surface area contributed by atoms with Gasteiger partial charge in [-0.05, 0) is 30.7 Å². The number of carbonyl (C=O) groups excluding carboxylic acids is 2. The lowest BCUT2D eigenvalue weighted by Crippen LogP contribution is -2.56. The number of nitrogens with two attached hydrogens (primary N) is 1. The van der Waals surface area contributed by atoms with E-state index >= 15 is 0 Å². The van der Waals surface area contributed by atoms with Gasteiger partial charge in [-0.15, -0.1) is 0 Å². The highest BCUT2D eigenvalue weighted by Gasteiger charge is 2.38. The van der Waals surface area contributed by atoms with E-state index in [1.165, 1.54) is 4.90 Å². The van der Waals surface area contributed by atoms with Crippen molar-refractivity contribution in [3.8, 4) is 0 Å². The summed E-state index contributed by atoms with van der Waals surface area (Å²) in [5.41, 5.74) is 6.93. The first-order valence-electron chi connectivity index (χ1n) is 8.94. The Bertz CT molecular complexity index is 647. The molecule has 26 heavy (non-hydrogen) atoms. The van der Waals surface area contributed by atoms with Gasteiger partial charge in [0, 0.05) is 6.54 Å². The van der Waals surface area contributed by atoms with E-state index in [1.54, 1.807) is 0 Å². The maximum atomic E-state index is 12.8. The van der Waals surface area contributed by atoms with Gasteiger partial charge in [0.15, 0.2) is 0 Å². The molecule has 1 saturated heterocycles. The molecule has 0 aliphatic carbocycles. The summed E-state index contributed by atoms with van der Waals surface area (Å²) >= 11 is 0. The van der Waals surface area contributed by atoms with Gasteiger partial charge in [-0.25, -0.2) is 4.79 Å². The van der Waals surface area contributed by atoms with E-state index in [9.17, 15) is 19.5 Å². The summed E-state index contributed by atoms with van der Waals surface area (Å²) in [5.74, 6) is -1.95. The molecule has 1 aliphatic heterocycles. The normalized spacial score (nSPS) is 19.2. The van der Waals surface area contributed by atoms with Gasteiger partial charge in [0.2, 0.25) is 11.8 Å². The highest BCUT2D eigenvalue weighted by molar-refractivity contribution is 5.92. The van der Waals surface area contributed by atoms with E-state index in [2.05, 4.69) is 5.32 Å². The molecule has 0 radical (unpaired) electrons. The van der Waals surface area contributed by atoms with Crippen molar-refractivity contribution in [2.45, 2.75) is 51.2 Å². The molecular weight excluding hydrogens is 334 g/mol. The molecule has 0 aromatic heterocycles. The number of hydrogen-bond acceptors (Lipinski definition) is 4. The molecule has 142 valence electrons. The maximum absolute atomic E-state index is 12.8. The largest absolute Gasteiger partial charge is 0.480 e. The Hall–Kier alpha value is -2.41. The highest BCUT2D eigenvalue weighted by atomic mass is 16.4. The molecule has 7 heteroatoms. The number of aliphatic carboxylic acids is 1. The van der Waals surface area contributed by atoms with E-state index in [0.29, 0.717) is 25.8 Å². The first-order chi connectivity index (χ1) is 12.3. The molecule has 1 aromatic rings. The average Bonchev–Trinajstić information content (AvgIpc) is 3.09. The molecule has 0 spiro atoms. The summed E-state index contributed by atoms with van der Waals surface area (Å²) < 4.78 is 0. The van der Waals surface area contributed by atoms with Crippen LogP contribution >= 0.6 is 0 Å². The monoisotopic (exact) mass is 361 g/mol. The van der Waals surface area contributed by atoms with Gasteiger partial charge in [-0.1, -0.05) is 44.2 Å². The van der Waals surface area contributed by atoms with Gasteiger partial charge in [0.25, 0.3) is 0 Å². The van der Waals surface area contributed by atoms with Crippen LogP contribution in [0, 0.1) is 5.92 Å². The summed E-state index contributed by atoms with van der Waals surface area (Å²) in [7, 11) is 0. The molecular formula is C19H27N3O4. The Morgan fingerprint density at radius 3 is 2.50 bits per heavy atom. The van der Waals surface area contributed by atoms with E-state index in [4.69, 9.17) is 5.73 Å². The van der Waals surface area contributed by atoms with Crippen molar-refractivity contribution in [2.75, 3.05) is 6.54 Å². The molecule has 4 N–H and O–H groups in total. The fourth-order valence-corrected chi connectivity index (χ4v) is 3.20. The molecule has 1 aromatic carbocycles. The SMILES string of the molecule is CC(C)[C@H](NC(=O)[C@@H](N)Cc1ccccc1)C(=O)N1CCC[C@@H]1C(=O)O. The Morgan fingerprint density at radius 1 is 1.27 bits per heavy atom. The van der Waals surface area contributed by atoms with Gasteiger partial charge in [-0.3, -0.25) is 9.59 Å². The molecule has 2 amide bonds. The summed E-state index contributed by atoms with van der Waals surface area (Å²) in [6.45, 7) is 4.03. The number of benzene rings is 1. The van der Waals surface area contributed by atoms with Gasteiger partial charge in [0.1, 0.15) is 12.1 Å². The number of nitrogens with zero attached hydrogens (tertiary/aromatic N) is 1. The fourth-order valence-electron chi connectivity index (χ4n) is 3.20. The zero-order valence-corrected chi connectivity index (χ0v) is 15.2. The van der Waals surface area contributed by atoms with Crippen LogP contribution in [0.15, 0.2) is 30.3 Å². The number of carbonyl (C=O) groups is 3. The summed E-state index contributed by atoms with van der Waals surface area (Å²) in [6.07, 6.45) is 1.45. The lowest BCUT2D eigenvalue weighted by molar-refractivity contribution is -0.150. The van der Waals surface area contributed by atoms with Crippen molar-refractivity contribution in [2.24, 2.45) is 11.7 Å². The van der Waals surface area contributed by atoms with Crippen LogP contribution in [0.1, 0.15) is 32.3 Å². The minimum atomic E-state index is -1.01. The van der Waals surface area contributed by atoms with E-state index < -0.39 is 30.0 Å². The van der Waals surface area contributed by atoms with Gasteiger partial charge >= 0.3 is 5.97 Å². The number of likely N-dealkylation sites (tertiary alicyclic amines) is 1. The second kappa shape index (κ2) is 8.80. The van der Waals surface area contributed by atoms with Gasteiger partial charge in [-0.2, -0.15) is 0 Å². The van der Waals surface area contributed by atoms with Crippen molar-refractivity contribution < 1.29 is 19.5 Å². The Morgan fingerprint density at radius 2 is 1.92 bits per heavy atom. The predicted octanol–water partition coefficient (Wildman–Crippen LogP) is 0.773. The molecule has 1 aliphatic rings. The third-order valence-electron chi connectivity index (χ3n) is 4.69. The zero-order chi connectivity index (χ0) is 19.3. The van der Waals surface area contributed by atoms with Crippen molar-refractivity contribution in [3.05, 3.63) is 35.9 Å². The first-order valence-corrected chi connectivity index (χ1v) is 8.94. The number of hydrogen-bond donors (Lipinski definition) is 3. The lowest BCUT2D eigenvalue weighted by Gasteiger charge is -2.30. The number of nitrogens with one attached hydrogen (secondary N) is 1. The fraction of sp³-hybridized carbons (Fsp3) is 0.526. The van der Waals surface area contributed by atoms with E-state index in [1.807, 2.05) is 44.2 Å². The van der Waals surface area contributed by atoms with Gasteiger partial charge in [0.05, 0.1) is 6.04 Å². The van der Waals surface area contributed by atoms with Crippen LogP contribution in [0.4, 0.5) is 0 Å². The van der Waals surface area contributed by atoms with Crippen LogP contribution in [-0.2, 0) is 20.8 Å². The second-order valence-corrected chi connectivity index (χ2v) is 7.05. The molecule has 0 saturated carbocycles. The molecule has 7 nitrogen and oxygen atoms in total. The van der Waals surface area contributed by atoms with Crippen molar-refractivity contribution in [1.82, 2.24) is 10.2 Å². The zero-order valence-electron chi connectivity index (χ0n) is 15.2. The van der Waals surface area contributed by atoms with Crippen molar-refractivity contribution in [1.29, 1.82) is 0 Å². The third-order valence-corrected chi connectivity index (χ3v) is 4.69. The second-order valence-electron chi connectivity index (χ2n) is 7.05. The van der Waals surface area contributed by atoms with Crippen LogP contribution in [0.3, 0.4) is 0 Å². The number of amides is 2. The molecule has 2 rings (SSSR count). The topological polar surface area (TPSA) is 113 Å². The van der Waals surface area contributed by atoms with Crippen LogP contribution < -0.4 is 11.1 Å². The molecule has 1 heterocycles. The first kappa shape index (κ1) is 19.9. The number of carboxylic acid groups (broad SMARTS) is 1. The number of rotatable bonds is 7. The van der Waals surface area contributed by atoms with Crippen LogP contribution in [-0.4, -0.2) is 52.5 Å². The molecule has 3 atom stereocenters. The molecule has 1 fully saturated rings. The Labute approximate surface area is 153 Å². The van der Waals surface area contributed by atoms with Crippen molar-refractivity contribution in [3.63, 3.8) is 0 Å². The highest BCUT2D eigenvalue weighted by Crippen LogP contribution is 2.20. The minimum absolute atomic E-state index is 0.176. The van der Waals surface area contributed by atoms with E-state index in [0.717, 1.165) is 5.56 Å². The Balaban J connectivity index is 2.03. The summed E-state index contributed by atoms with van der Waals surface area (Å²) in [6, 6.07) is 7.03. The summed E-state index contributed by atoms with van der Waals surface area (Å²) in [4.78, 5) is 38.0. The van der Waals surface area contributed by atoms with Crippen molar-refractivity contribution >= 4 is 17.8 Å². The van der Waals surface area contributed by atoms with E-state index in [-0.39, 0.29) is 11.8 Å². The molecule has 0 unspecified atom stereocenters. The standard InChI is InChI=1S/C19H27N3O4/c1-12(2)16(18(24)22-10-6-9-15(22)19(25)26)21-17(23)14(20)11-13-7-4-3-5-8-13/h3-5,7-8,12,14-16H,6,9-11,20H2,1-2H3,(H,21,23)(H,25,26)/t14-,15+,16-/m0/s1. The van der Waals surface area contributed by atoms with Crippen LogP contribution in [0.2, 0.25) is 0 Å². The van der Waals surface area contributed by atoms with Gasteiger partial charge < -0.3 is 21.1 Å². The maximum Gasteiger partial charge on any atom is 0.326 e. The van der Waals surface area contributed by atoms with Crippen LogP contribution in [0.25, 0.3) is 0 Å². The quantitative estimate of drug-likeness (QED) is 0.664. The molecule has 0 bridgehead atoms. The average molecular weight is 361 g/mol. The number of carboxylic acids is 1. The Kier molecular flexibility index (Phi) is 6.74.